The molecule has 0 bridgehead atoms. The van der Waals surface area contributed by atoms with Crippen LogP contribution in [0.5, 0.6) is 0 Å². The fourth-order valence-electron chi connectivity index (χ4n) is 2.89. The fraction of sp³-hybridized carbons (Fsp3) is 0.889. The molecule has 1 rings (SSSR count). The summed E-state index contributed by atoms with van der Waals surface area (Å²) >= 11 is 0. The highest BCUT2D eigenvalue weighted by atomic mass is 15.7. The maximum atomic E-state index is 3.08. The van der Waals surface area contributed by atoms with Crippen molar-refractivity contribution in [2.24, 2.45) is 0 Å². The Morgan fingerprint density at radius 3 is 1.57 bits per heavy atom. The zero-order valence-electron chi connectivity index (χ0n) is 14.2. The van der Waals surface area contributed by atoms with Gasteiger partial charge >= 0.3 is 0 Å². The van der Waals surface area contributed by atoms with Crippen molar-refractivity contribution in [1.29, 1.82) is 0 Å². The summed E-state index contributed by atoms with van der Waals surface area (Å²) in [5, 5.41) is 2.11. The molecule has 1 aliphatic rings. The van der Waals surface area contributed by atoms with Crippen LogP contribution in [0.15, 0.2) is 12.4 Å². The average Bonchev–Trinajstić information content (AvgIpc) is 3.01. The molecule has 0 aromatic carbocycles. The third-order valence-corrected chi connectivity index (χ3v) is 4.30. The molecule has 0 atom stereocenters. The molecule has 0 radical (unpaired) electrons. The predicted octanol–water partition coefficient (Wildman–Crippen LogP) is 5.26. The molecular formula is C18H37N3. The highest BCUT2D eigenvalue weighted by Gasteiger charge is 2.01. The maximum Gasteiger partial charge on any atom is 0.0356 e. The number of nitrogens with zero attached hydrogens (tertiary/aromatic N) is 1. The van der Waals surface area contributed by atoms with E-state index in [1.807, 2.05) is 6.20 Å². The van der Waals surface area contributed by atoms with Gasteiger partial charge in [-0.2, -0.15) is 0 Å². The predicted molar refractivity (Wildman–Crippen MR) is 92.4 cm³/mol. The van der Waals surface area contributed by atoms with Gasteiger partial charge in [0.25, 0.3) is 0 Å². The molecule has 0 aliphatic carbocycles. The average molecular weight is 296 g/mol. The fourth-order valence-corrected chi connectivity index (χ4v) is 2.89. The molecule has 0 saturated heterocycles. The van der Waals surface area contributed by atoms with E-state index in [1.54, 1.807) is 0 Å². The minimum Gasteiger partial charge on any atom is -0.310 e. The summed E-state index contributed by atoms with van der Waals surface area (Å²) in [6, 6.07) is 0. The normalized spacial score (nSPS) is 13.9. The Labute approximate surface area is 132 Å². The van der Waals surface area contributed by atoms with Gasteiger partial charge in [-0.15, -0.1) is 5.53 Å². The van der Waals surface area contributed by atoms with E-state index in [2.05, 4.69) is 29.1 Å². The van der Waals surface area contributed by atoms with Crippen molar-refractivity contribution < 1.29 is 0 Å². The van der Waals surface area contributed by atoms with E-state index in [4.69, 9.17) is 0 Å². The summed E-state index contributed by atoms with van der Waals surface area (Å²) < 4.78 is 0. The number of rotatable bonds is 15. The second-order valence-electron chi connectivity index (χ2n) is 6.36. The quantitative estimate of drug-likeness (QED) is 0.403. The Balaban J connectivity index is 1.66. The van der Waals surface area contributed by atoms with Crippen LogP contribution in [-0.4, -0.2) is 11.6 Å². The smallest absolute Gasteiger partial charge is 0.0356 e. The molecule has 3 heteroatoms. The van der Waals surface area contributed by atoms with Crippen molar-refractivity contribution in [3.05, 3.63) is 12.4 Å². The van der Waals surface area contributed by atoms with Crippen LogP contribution in [0, 0.1) is 0 Å². The topological polar surface area (TPSA) is 27.3 Å². The maximum absolute atomic E-state index is 3.08. The first-order chi connectivity index (χ1) is 10.4. The standard InChI is InChI=1S/C18H37N3/c1-2-3-4-5-6-7-8-9-10-11-12-13-14-15-17-21-18-16-19-20-21/h16,18-20H,2-15,17H2,1H3. The molecule has 0 fully saturated rings. The third-order valence-electron chi connectivity index (χ3n) is 4.30. The van der Waals surface area contributed by atoms with Gasteiger partial charge in [0.15, 0.2) is 0 Å². The van der Waals surface area contributed by atoms with Gasteiger partial charge in [0.2, 0.25) is 0 Å². The molecule has 0 aromatic heterocycles. The van der Waals surface area contributed by atoms with Gasteiger partial charge < -0.3 is 5.43 Å². The van der Waals surface area contributed by atoms with E-state index in [0.717, 1.165) is 6.54 Å². The van der Waals surface area contributed by atoms with E-state index in [-0.39, 0.29) is 0 Å². The number of unbranched alkanes of at least 4 members (excludes halogenated alkanes) is 13. The Morgan fingerprint density at radius 2 is 1.14 bits per heavy atom. The second-order valence-corrected chi connectivity index (χ2v) is 6.36. The van der Waals surface area contributed by atoms with Crippen LogP contribution in [0.25, 0.3) is 0 Å². The molecule has 0 aromatic rings. The number of hydrogen-bond donors (Lipinski definition) is 2. The van der Waals surface area contributed by atoms with Crippen molar-refractivity contribution >= 4 is 0 Å². The molecule has 1 heterocycles. The molecule has 124 valence electrons. The third kappa shape index (κ3) is 11.6. The van der Waals surface area contributed by atoms with Crippen molar-refractivity contribution in [2.45, 2.75) is 96.8 Å². The molecule has 0 spiro atoms. The number of nitrogens with one attached hydrogen (secondary N) is 2. The van der Waals surface area contributed by atoms with Gasteiger partial charge in [-0.25, -0.2) is 0 Å². The lowest BCUT2D eigenvalue weighted by molar-refractivity contribution is 0.265. The van der Waals surface area contributed by atoms with Gasteiger partial charge in [0.05, 0.1) is 0 Å². The van der Waals surface area contributed by atoms with Crippen LogP contribution in [0.2, 0.25) is 0 Å². The lowest BCUT2D eigenvalue weighted by atomic mass is 10.0. The van der Waals surface area contributed by atoms with Gasteiger partial charge in [0, 0.05) is 18.9 Å². The lowest BCUT2D eigenvalue weighted by Crippen LogP contribution is -2.35. The second kappa shape index (κ2) is 14.2. The van der Waals surface area contributed by atoms with Gasteiger partial charge in [-0.3, -0.25) is 5.01 Å². The summed E-state index contributed by atoms with van der Waals surface area (Å²) in [7, 11) is 0. The van der Waals surface area contributed by atoms with Crippen LogP contribution in [0.1, 0.15) is 96.8 Å². The lowest BCUT2D eigenvalue weighted by Gasteiger charge is -2.14. The Kier molecular flexibility index (Phi) is 12.4. The largest absolute Gasteiger partial charge is 0.310 e. The molecule has 0 unspecified atom stereocenters. The minimum atomic E-state index is 1.11. The van der Waals surface area contributed by atoms with Gasteiger partial charge in [0.1, 0.15) is 0 Å². The van der Waals surface area contributed by atoms with E-state index in [0.29, 0.717) is 0 Å². The van der Waals surface area contributed by atoms with Crippen LogP contribution in [0.4, 0.5) is 0 Å². The number of hydrazine groups is 2. The Morgan fingerprint density at radius 1 is 0.667 bits per heavy atom. The van der Waals surface area contributed by atoms with E-state index >= 15 is 0 Å². The van der Waals surface area contributed by atoms with E-state index in [1.165, 1.54) is 89.9 Å². The van der Waals surface area contributed by atoms with Crippen molar-refractivity contribution in [3.63, 3.8) is 0 Å². The first-order valence-electron chi connectivity index (χ1n) is 9.38. The zero-order valence-corrected chi connectivity index (χ0v) is 14.2. The molecule has 0 saturated carbocycles. The highest BCUT2D eigenvalue weighted by Crippen LogP contribution is 2.13. The molecule has 2 N–H and O–H groups in total. The number of hydrogen-bond acceptors (Lipinski definition) is 3. The first-order valence-corrected chi connectivity index (χ1v) is 9.38. The summed E-state index contributed by atoms with van der Waals surface area (Å²) in [5.41, 5.74) is 6.04. The van der Waals surface area contributed by atoms with Crippen molar-refractivity contribution in [1.82, 2.24) is 16.0 Å². The van der Waals surface area contributed by atoms with Crippen LogP contribution < -0.4 is 11.0 Å². The summed E-state index contributed by atoms with van der Waals surface area (Å²) in [6.45, 7) is 3.40. The Bertz CT molecular complexity index is 241. The Hall–Kier alpha value is -0.700. The van der Waals surface area contributed by atoms with Crippen LogP contribution in [0.3, 0.4) is 0 Å². The molecule has 0 amide bonds. The molecular weight excluding hydrogens is 258 g/mol. The monoisotopic (exact) mass is 295 g/mol. The van der Waals surface area contributed by atoms with E-state index < -0.39 is 0 Å². The minimum absolute atomic E-state index is 1.11. The van der Waals surface area contributed by atoms with Crippen molar-refractivity contribution in [3.8, 4) is 0 Å². The van der Waals surface area contributed by atoms with Crippen molar-refractivity contribution in [2.75, 3.05) is 6.54 Å². The zero-order chi connectivity index (χ0) is 15.0. The SMILES string of the molecule is CCCCCCCCCCCCCCCCN1C=CNN1. The summed E-state index contributed by atoms with van der Waals surface area (Å²) in [5.74, 6) is 0. The summed E-state index contributed by atoms with van der Waals surface area (Å²) in [4.78, 5) is 0. The van der Waals surface area contributed by atoms with Gasteiger partial charge in [-0.1, -0.05) is 90.4 Å². The summed E-state index contributed by atoms with van der Waals surface area (Å²) in [6.07, 6.45) is 23.9. The van der Waals surface area contributed by atoms with Crippen LogP contribution >= 0.6 is 0 Å². The van der Waals surface area contributed by atoms with E-state index in [9.17, 15) is 0 Å². The molecule has 21 heavy (non-hydrogen) atoms. The molecule has 1 aliphatic heterocycles. The molecule has 3 nitrogen and oxygen atoms in total. The first kappa shape index (κ1) is 18.3. The van der Waals surface area contributed by atoms with Crippen LogP contribution in [-0.2, 0) is 0 Å². The highest BCUT2D eigenvalue weighted by molar-refractivity contribution is 4.81. The van der Waals surface area contributed by atoms with Gasteiger partial charge in [-0.05, 0) is 6.42 Å².